The van der Waals surface area contributed by atoms with Crippen LogP contribution in [0.4, 0.5) is 0 Å². The molecule has 9 heteroatoms. The van der Waals surface area contributed by atoms with Crippen molar-refractivity contribution in [3.8, 4) is 0 Å². The zero-order valence-corrected chi connectivity index (χ0v) is 21.2. The average molecular weight is 535 g/mol. The summed E-state index contributed by atoms with van der Waals surface area (Å²) in [6, 6.07) is 2.47. The predicted octanol–water partition coefficient (Wildman–Crippen LogP) is 2.95. The van der Waals surface area contributed by atoms with E-state index < -0.39 is 5.60 Å². The van der Waals surface area contributed by atoms with Gasteiger partial charge in [-0.05, 0) is 49.3 Å². The number of aryl methyl sites for hydroxylation is 1. The van der Waals surface area contributed by atoms with Crippen LogP contribution in [0.2, 0.25) is 0 Å². The molecule has 0 aliphatic rings. The van der Waals surface area contributed by atoms with Crippen LogP contribution in [0, 0.1) is 0 Å². The molecular formula is C20H35IN6OS. The molecule has 0 aliphatic heterocycles. The number of thiophene rings is 1. The van der Waals surface area contributed by atoms with E-state index in [-0.39, 0.29) is 36.6 Å². The first-order valence-corrected chi connectivity index (χ1v) is 10.8. The number of aromatic nitrogens is 2. The molecule has 0 saturated carbocycles. The average Bonchev–Trinajstić information content (AvgIpc) is 3.35. The third-order valence-electron chi connectivity index (χ3n) is 4.86. The van der Waals surface area contributed by atoms with Crippen molar-refractivity contribution < 1.29 is 5.11 Å². The molecule has 0 saturated heterocycles. The third-order valence-corrected chi connectivity index (χ3v) is 5.56. The smallest absolute Gasteiger partial charge is 0.191 e. The van der Waals surface area contributed by atoms with E-state index in [1.807, 2.05) is 20.2 Å². The summed E-state index contributed by atoms with van der Waals surface area (Å²) < 4.78 is 1.69. The molecule has 29 heavy (non-hydrogen) atoms. The fourth-order valence-corrected chi connectivity index (χ4v) is 3.85. The SMILES string of the molecule is CCNC(=NCC(C)(O)c1cnn(C)c1)NCC(c1ccsc1)N(CC)CC.I. The molecule has 0 radical (unpaired) electrons. The monoisotopic (exact) mass is 534 g/mol. The highest BCUT2D eigenvalue weighted by Gasteiger charge is 2.25. The lowest BCUT2D eigenvalue weighted by molar-refractivity contribution is 0.0671. The molecular weight excluding hydrogens is 499 g/mol. The maximum absolute atomic E-state index is 10.8. The largest absolute Gasteiger partial charge is 0.383 e. The summed E-state index contributed by atoms with van der Waals surface area (Å²) in [6.07, 6.45) is 3.51. The van der Waals surface area contributed by atoms with Gasteiger partial charge >= 0.3 is 0 Å². The number of guanidine groups is 1. The standard InChI is InChI=1S/C20H34N6OS.HI/c1-6-21-19(23-15-20(4,27)17-11-24-25(5)13-17)22-12-18(26(7-2)8-3)16-9-10-28-14-16;/h9-11,13-14,18,27H,6-8,12,15H2,1-5H3,(H2,21,22,23);1H. The molecule has 0 aromatic carbocycles. The highest BCUT2D eigenvalue weighted by molar-refractivity contribution is 14.0. The van der Waals surface area contributed by atoms with Gasteiger partial charge < -0.3 is 15.7 Å². The summed E-state index contributed by atoms with van der Waals surface area (Å²) in [6.45, 7) is 11.9. The highest BCUT2D eigenvalue weighted by Crippen LogP contribution is 2.22. The molecule has 2 heterocycles. The van der Waals surface area contributed by atoms with Gasteiger partial charge in [0.1, 0.15) is 5.60 Å². The Bertz CT molecular complexity index is 727. The molecule has 0 fully saturated rings. The van der Waals surface area contributed by atoms with Gasteiger partial charge in [0.05, 0.1) is 18.8 Å². The Morgan fingerprint density at radius 1 is 1.34 bits per heavy atom. The summed E-state index contributed by atoms with van der Waals surface area (Å²) in [5, 5.41) is 26.0. The lowest BCUT2D eigenvalue weighted by Crippen LogP contribution is -2.43. The zero-order valence-electron chi connectivity index (χ0n) is 18.1. The van der Waals surface area contributed by atoms with Gasteiger partial charge in [-0.2, -0.15) is 16.4 Å². The van der Waals surface area contributed by atoms with Gasteiger partial charge in [-0.25, -0.2) is 4.99 Å². The van der Waals surface area contributed by atoms with E-state index in [4.69, 9.17) is 0 Å². The number of hydrogen-bond acceptors (Lipinski definition) is 5. The van der Waals surface area contributed by atoms with E-state index >= 15 is 0 Å². The normalized spacial score (nSPS) is 14.9. The van der Waals surface area contributed by atoms with Crippen LogP contribution in [-0.2, 0) is 12.6 Å². The van der Waals surface area contributed by atoms with Crippen molar-refractivity contribution in [3.05, 3.63) is 40.3 Å². The van der Waals surface area contributed by atoms with Crippen molar-refractivity contribution in [2.75, 3.05) is 32.7 Å². The molecule has 7 nitrogen and oxygen atoms in total. The Kier molecular flexibility index (Phi) is 11.2. The predicted molar refractivity (Wildman–Crippen MR) is 132 cm³/mol. The lowest BCUT2D eigenvalue weighted by atomic mass is 10.0. The molecule has 2 aromatic rings. The minimum atomic E-state index is -1.07. The van der Waals surface area contributed by atoms with Gasteiger partial charge in [-0.15, -0.1) is 24.0 Å². The van der Waals surface area contributed by atoms with E-state index in [9.17, 15) is 5.11 Å². The second-order valence-corrected chi connectivity index (χ2v) is 7.83. The van der Waals surface area contributed by atoms with Gasteiger partial charge in [0.25, 0.3) is 0 Å². The summed E-state index contributed by atoms with van der Waals surface area (Å²) in [5.74, 6) is 0.707. The quantitative estimate of drug-likeness (QED) is 0.248. The molecule has 0 aliphatic carbocycles. The molecule has 2 atom stereocenters. The van der Waals surface area contributed by atoms with Gasteiger partial charge in [-0.3, -0.25) is 9.58 Å². The van der Waals surface area contributed by atoms with Crippen LogP contribution in [0.3, 0.4) is 0 Å². The number of hydrogen-bond donors (Lipinski definition) is 3. The fraction of sp³-hybridized carbons (Fsp3) is 0.600. The minimum absolute atomic E-state index is 0. The van der Waals surface area contributed by atoms with Crippen LogP contribution in [0.5, 0.6) is 0 Å². The van der Waals surface area contributed by atoms with E-state index in [1.165, 1.54) is 5.56 Å². The summed E-state index contributed by atoms with van der Waals surface area (Å²) in [5.41, 5.74) is 1.01. The Morgan fingerprint density at radius 3 is 2.59 bits per heavy atom. The molecule has 2 unspecified atom stereocenters. The van der Waals surface area contributed by atoms with E-state index in [0.717, 1.165) is 31.7 Å². The summed E-state index contributed by atoms with van der Waals surface area (Å²) >= 11 is 1.72. The Labute approximate surface area is 195 Å². The minimum Gasteiger partial charge on any atom is -0.383 e. The molecule has 2 rings (SSSR count). The number of likely N-dealkylation sites (N-methyl/N-ethyl adjacent to an activating group) is 1. The second-order valence-electron chi connectivity index (χ2n) is 7.05. The Balaban J connectivity index is 0.00000420. The van der Waals surface area contributed by atoms with E-state index in [2.05, 4.69) is 56.3 Å². The number of rotatable bonds is 10. The van der Waals surface area contributed by atoms with Crippen molar-refractivity contribution >= 4 is 41.3 Å². The van der Waals surface area contributed by atoms with Crippen molar-refractivity contribution in [2.45, 2.75) is 39.3 Å². The van der Waals surface area contributed by atoms with Crippen LogP contribution < -0.4 is 10.6 Å². The van der Waals surface area contributed by atoms with Crippen molar-refractivity contribution in [1.29, 1.82) is 0 Å². The zero-order chi connectivity index (χ0) is 20.6. The first kappa shape index (κ1) is 25.9. The molecule has 3 N–H and O–H groups in total. The van der Waals surface area contributed by atoms with Crippen LogP contribution in [-0.4, -0.2) is 58.5 Å². The maximum atomic E-state index is 10.8. The Morgan fingerprint density at radius 2 is 2.07 bits per heavy atom. The van der Waals surface area contributed by atoms with Crippen LogP contribution in [0.15, 0.2) is 34.2 Å². The van der Waals surface area contributed by atoms with Gasteiger partial charge in [0.15, 0.2) is 5.96 Å². The number of nitrogens with zero attached hydrogens (tertiary/aromatic N) is 4. The van der Waals surface area contributed by atoms with E-state index in [1.54, 1.807) is 29.1 Å². The summed E-state index contributed by atoms with van der Waals surface area (Å²) in [4.78, 5) is 7.06. The molecule has 0 bridgehead atoms. The van der Waals surface area contributed by atoms with Crippen molar-refractivity contribution in [2.24, 2.45) is 12.0 Å². The lowest BCUT2D eigenvalue weighted by Gasteiger charge is -2.30. The number of aliphatic hydroxyl groups is 1. The number of halogens is 1. The molecule has 164 valence electrons. The summed E-state index contributed by atoms with van der Waals surface area (Å²) in [7, 11) is 1.84. The third kappa shape index (κ3) is 7.54. The first-order valence-electron chi connectivity index (χ1n) is 9.91. The van der Waals surface area contributed by atoms with Crippen LogP contribution in [0.1, 0.15) is 44.9 Å². The fourth-order valence-electron chi connectivity index (χ4n) is 3.15. The van der Waals surface area contributed by atoms with Gasteiger partial charge in [0, 0.05) is 31.9 Å². The number of nitrogens with one attached hydrogen (secondary N) is 2. The van der Waals surface area contributed by atoms with Crippen molar-refractivity contribution in [3.63, 3.8) is 0 Å². The van der Waals surface area contributed by atoms with Crippen LogP contribution >= 0.6 is 35.3 Å². The second kappa shape index (κ2) is 12.5. The highest BCUT2D eigenvalue weighted by atomic mass is 127. The Hall–Kier alpha value is -1.17. The van der Waals surface area contributed by atoms with E-state index in [0.29, 0.717) is 5.96 Å². The first-order chi connectivity index (χ1) is 13.4. The molecule has 0 amide bonds. The van der Waals surface area contributed by atoms with Crippen LogP contribution in [0.25, 0.3) is 0 Å². The maximum Gasteiger partial charge on any atom is 0.191 e. The van der Waals surface area contributed by atoms with Gasteiger partial charge in [-0.1, -0.05) is 13.8 Å². The number of aliphatic imine (C=N–C) groups is 1. The topological polar surface area (TPSA) is 77.7 Å². The molecule has 2 aromatic heterocycles. The van der Waals surface area contributed by atoms with Gasteiger partial charge in [0.2, 0.25) is 0 Å². The molecule has 0 spiro atoms. The van der Waals surface area contributed by atoms with Crippen molar-refractivity contribution in [1.82, 2.24) is 25.3 Å².